The van der Waals surface area contributed by atoms with Crippen molar-refractivity contribution in [2.45, 2.75) is 6.54 Å². The van der Waals surface area contributed by atoms with Crippen molar-refractivity contribution >= 4 is 22.4 Å². The van der Waals surface area contributed by atoms with Crippen LogP contribution in [0.4, 0.5) is 0 Å². The summed E-state index contributed by atoms with van der Waals surface area (Å²) in [6.07, 6.45) is 1.85. The summed E-state index contributed by atoms with van der Waals surface area (Å²) in [5, 5.41) is 8.92. The van der Waals surface area contributed by atoms with Crippen LogP contribution in [0.2, 0.25) is 0 Å². The molecular formula is C18H12N4S. The van der Waals surface area contributed by atoms with Crippen LogP contribution in [0.5, 0.6) is 0 Å². The van der Waals surface area contributed by atoms with Gasteiger partial charge in [0.25, 0.3) is 0 Å². The molecule has 0 spiro atoms. The summed E-state index contributed by atoms with van der Waals surface area (Å²) in [5.41, 5.74) is 5.70. The lowest BCUT2D eigenvalue weighted by atomic mass is 10.1. The second-order valence-corrected chi connectivity index (χ2v) is 6.07. The highest BCUT2D eigenvalue weighted by atomic mass is 32.1. The largest absolute Gasteiger partial charge is 0.319 e. The van der Waals surface area contributed by atoms with Gasteiger partial charge in [-0.3, -0.25) is 4.98 Å². The smallest absolute Gasteiger partial charge is 0.153 e. The molecule has 2 heterocycles. The number of benzene rings is 2. The number of nitrogens with zero attached hydrogens (tertiary/aromatic N) is 4. The Morgan fingerprint density at radius 1 is 1.09 bits per heavy atom. The fourth-order valence-electron chi connectivity index (χ4n) is 2.62. The Morgan fingerprint density at radius 2 is 1.91 bits per heavy atom. The maximum atomic E-state index is 8.92. The highest BCUT2D eigenvalue weighted by Crippen LogP contribution is 2.28. The van der Waals surface area contributed by atoms with E-state index >= 15 is 0 Å². The van der Waals surface area contributed by atoms with Gasteiger partial charge in [0.05, 0.1) is 33.1 Å². The van der Waals surface area contributed by atoms with Gasteiger partial charge in [0, 0.05) is 12.7 Å². The average molecular weight is 316 g/mol. The van der Waals surface area contributed by atoms with Gasteiger partial charge < -0.3 is 4.57 Å². The van der Waals surface area contributed by atoms with E-state index in [4.69, 9.17) is 10.2 Å². The molecule has 2 aromatic heterocycles. The van der Waals surface area contributed by atoms with E-state index in [1.165, 1.54) is 0 Å². The van der Waals surface area contributed by atoms with Gasteiger partial charge >= 0.3 is 0 Å². The molecule has 0 bridgehead atoms. The zero-order chi connectivity index (χ0) is 15.6. The third kappa shape index (κ3) is 2.50. The van der Waals surface area contributed by atoms with Crippen LogP contribution >= 0.6 is 11.3 Å². The van der Waals surface area contributed by atoms with Crippen LogP contribution in [0, 0.1) is 11.3 Å². The van der Waals surface area contributed by atoms with Gasteiger partial charge in [-0.2, -0.15) is 5.26 Å². The first-order valence-corrected chi connectivity index (χ1v) is 8.06. The highest BCUT2D eigenvalue weighted by molar-refractivity contribution is 7.13. The Kier molecular flexibility index (Phi) is 3.37. The first-order chi connectivity index (χ1) is 11.3. The van der Waals surface area contributed by atoms with Gasteiger partial charge in [0.2, 0.25) is 0 Å². The third-order valence-corrected chi connectivity index (χ3v) is 4.50. The van der Waals surface area contributed by atoms with Crippen molar-refractivity contribution in [2.75, 3.05) is 0 Å². The molecule has 110 valence electrons. The summed E-state index contributed by atoms with van der Waals surface area (Å²) in [7, 11) is 0. The molecule has 2 aromatic carbocycles. The Morgan fingerprint density at radius 3 is 2.65 bits per heavy atom. The minimum absolute atomic E-state index is 0.673. The van der Waals surface area contributed by atoms with Crippen LogP contribution in [0.1, 0.15) is 11.1 Å². The third-order valence-electron chi connectivity index (χ3n) is 3.73. The molecule has 0 fully saturated rings. The number of nitriles is 1. The number of aromatic nitrogens is 3. The number of rotatable bonds is 3. The standard InChI is InChI=1S/C18H12N4S/c19-9-13-5-7-14(8-6-13)11-22-16-4-2-1-3-15(16)21-18(22)17-10-20-12-23-17/h1-8,10,12H,11H2. The van der Waals surface area contributed by atoms with E-state index in [9.17, 15) is 0 Å². The molecular weight excluding hydrogens is 304 g/mol. The predicted molar refractivity (Wildman–Crippen MR) is 91.1 cm³/mol. The fourth-order valence-corrected chi connectivity index (χ4v) is 3.24. The topological polar surface area (TPSA) is 54.5 Å². The van der Waals surface area contributed by atoms with Crippen molar-refractivity contribution in [1.29, 1.82) is 5.26 Å². The lowest BCUT2D eigenvalue weighted by Gasteiger charge is -2.08. The molecule has 0 saturated carbocycles. The van der Waals surface area contributed by atoms with Gasteiger partial charge in [-0.1, -0.05) is 24.3 Å². The van der Waals surface area contributed by atoms with E-state index in [1.807, 2.05) is 54.2 Å². The molecule has 0 N–H and O–H groups in total. The second-order valence-electron chi connectivity index (χ2n) is 5.18. The van der Waals surface area contributed by atoms with E-state index < -0.39 is 0 Å². The Balaban J connectivity index is 1.84. The predicted octanol–water partition coefficient (Wildman–Crippen LogP) is 4.08. The number of fused-ring (bicyclic) bond motifs is 1. The summed E-state index contributed by atoms with van der Waals surface area (Å²) in [4.78, 5) is 9.99. The van der Waals surface area contributed by atoms with Gasteiger partial charge in [0.15, 0.2) is 5.82 Å². The Labute approximate surface area is 137 Å². The molecule has 0 aliphatic carbocycles. The minimum atomic E-state index is 0.673. The van der Waals surface area contributed by atoms with Gasteiger partial charge in [-0.15, -0.1) is 11.3 Å². The molecule has 0 unspecified atom stereocenters. The number of hydrogen-bond donors (Lipinski definition) is 0. The van der Waals surface area contributed by atoms with Crippen LogP contribution in [0.25, 0.3) is 21.7 Å². The van der Waals surface area contributed by atoms with Gasteiger partial charge in [-0.05, 0) is 29.8 Å². The molecule has 23 heavy (non-hydrogen) atoms. The molecule has 0 aliphatic rings. The van der Waals surface area contributed by atoms with Gasteiger partial charge in [-0.25, -0.2) is 4.98 Å². The molecule has 0 radical (unpaired) electrons. The van der Waals surface area contributed by atoms with Crippen LogP contribution in [0.15, 0.2) is 60.2 Å². The van der Waals surface area contributed by atoms with Crippen LogP contribution in [0.3, 0.4) is 0 Å². The quantitative estimate of drug-likeness (QED) is 0.572. The summed E-state index contributed by atoms with van der Waals surface area (Å²) in [6.45, 7) is 0.708. The number of hydrogen-bond acceptors (Lipinski definition) is 4. The normalized spacial score (nSPS) is 10.7. The molecule has 4 rings (SSSR count). The van der Waals surface area contributed by atoms with Crippen molar-refractivity contribution in [3.63, 3.8) is 0 Å². The zero-order valence-corrected chi connectivity index (χ0v) is 13.0. The van der Waals surface area contributed by atoms with E-state index in [0.29, 0.717) is 12.1 Å². The summed E-state index contributed by atoms with van der Waals surface area (Å²) < 4.78 is 2.20. The molecule has 0 amide bonds. The van der Waals surface area contributed by atoms with Crippen molar-refractivity contribution < 1.29 is 0 Å². The molecule has 5 heteroatoms. The maximum absolute atomic E-state index is 8.92. The molecule has 0 saturated heterocycles. The molecule has 4 nitrogen and oxygen atoms in total. The molecule has 0 aliphatic heterocycles. The lowest BCUT2D eigenvalue weighted by Crippen LogP contribution is -2.01. The summed E-state index contributed by atoms with van der Waals surface area (Å²) >= 11 is 1.58. The van der Waals surface area contributed by atoms with Crippen LogP contribution < -0.4 is 0 Å². The van der Waals surface area contributed by atoms with Crippen molar-refractivity contribution in [3.05, 3.63) is 71.4 Å². The van der Waals surface area contributed by atoms with E-state index in [-0.39, 0.29) is 0 Å². The lowest BCUT2D eigenvalue weighted by molar-refractivity contribution is 0.836. The van der Waals surface area contributed by atoms with Crippen LogP contribution in [-0.2, 0) is 6.54 Å². The average Bonchev–Trinajstić information content (AvgIpc) is 3.24. The Hall–Kier alpha value is -2.97. The SMILES string of the molecule is N#Cc1ccc(Cn2c(-c3cncs3)nc3ccccc32)cc1. The van der Waals surface area contributed by atoms with E-state index in [2.05, 4.69) is 21.7 Å². The first-order valence-electron chi connectivity index (χ1n) is 7.18. The monoisotopic (exact) mass is 316 g/mol. The van der Waals surface area contributed by atoms with Crippen molar-refractivity contribution in [2.24, 2.45) is 0 Å². The molecule has 4 aromatic rings. The first kappa shape index (κ1) is 13.7. The van der Waals surface area contributed by atoms with E-state index in [0.717, 1.165) is 27.3 Å². The maximum Gasteiger partial charge on any atom is 0.153 e. The summed E-state index contributed by atoms with van der Waals surface area (Å²) in [5.74, 6) is 0.929. The summed E-state index contributed by atoms with van der Waals surface area (Å²) in [6, 6.07) is 18.0. The highest BCUT2D eigenvalue weighted by Gasteiger charge is 2.13. The van der Waals surface area contributed by atoms with Crippen LogP contribution in [-0.4, -0.2) is 14.5 Å². The van der Waals surface area contributed by atoms with E-state index in [1.54, 1.807) is 11.3 Å². The number of imidazole rings is 1. The number of para-hydroxylation sites is 2. The van der Waals surface area contributed by atoms with Crippen molar-refractivity contribution in [1.82, 2.24) is 14.5 Å². The number of thiazole rings is 1. The Bertz CT molecular complexity index is 992. The van der Waals surface area contributed by atoms with Gasteiger partial charge in [0.1, 0.15) is 0 Å². The fraction of sp³-hybridized carbons (Fsp3) is 0.0556. The minimum Gasteiger partial charge on any atom is -0.319 e. The second kappa shape index (κ2) is 5.67. The molecule has 0 atom stereocenters. The zero-order valence-electron chi connectivity index (χ0n) is 12.2. The van der Waals surface area contributed by atoms with Crippen molar-refractivity contribution in [3.8, 4) is 16.8 Å².